The second-order valence-electron chi connectivity index (χ2n) is 3.39. The molecule has 0 unspecified atom stereocenters. The zero-order chi connectivity index (χ0) is 11.4. The highest BCUT2D eigenvalue weighted by Gasteiger charge is 2.07. The van der Waals surface area contributed by atoms with Gasteiger partial charge in [-0.05, 0) is 26.1 Å². The number of nitrogens with one attached hydrogen (secondary N) is 2. The van der Waals surface area contributed by atoms with E-state index in [1.54, 1.807) is 0 Å². The van der Waals surface area contributed by atoms with E-state index in [-0.39, 0.29) is 0 Å². The van der Waals surface area contributed by atoms with Crippen molar-refractivity contribution >= 4 is 22.9 Å². The highest BCUT2D eigenvalue weighted by Crippen LogP contribution is 2.19. The first-order chi connectivity index (χ1) is 7.83. The first kappa shape index (κ1) is 10.6. The van der Waals surface area contributed by atoms with E-state index in [1.807, 2.05) is 13.1 Å². The number of aromatic amines is 1. The molecule has 0 aliphatic heterocycles. The van der Waals surface area contributed by atoms with Gasteiger partial charge in [0, 0.05) is 0 Å². The third-order valence-corrected chi connectivity index (χ3v) is 2.25. The van der Waals surface area contributed by atoms with Crippen molar-refractivity contribution in [1.29, 1.82) is 0 Å². The van der Waals surface area contributed by atoms with Crippen LogP contribution >= 0.6 is 0 Å². The number of nitrogen functional groups attached to an aromatic ring is 1. The summed E-state index contributed by atoms with van der Waals surface area (Å²) in [6, 6.07) is 0. The maximum Gasteiger partial charge on any atom is 0.186 e. The van der Waals surface area contributed by atoms with Crippen molar-refractivity contribution in [3.8, 4) is 0 Å². The summed E-state index contributed by atoms with van der Waals surface area (Å²) in [5.41, 5.74) is 7.22. The molecule has 0 fully saturated rings. The Morgan fingerprint density at radius 2 is 2.38 bits per heavy atom. The van der Waals surface area contributed by atoms with Crippen LogP contribution in [0.2, 0.25) is 0 Å². The van der Waals surface area contributed by atoms with Crippen molar-refractivity contribution in [3.05, 3.63) is 18.1 Å². The van der Waals surface area contributed by atoms with E-state index in [1.165, 1.54) is 6.33 Å². The van der Waals surface area contributed by atoms with Crippen molar-refractivity contribution in [2.24, 2.45) is 0 Å². The van der Waals surface area contributed by atoms with E-state index in [0.29, 0.717) is 11.5 Å². The monoisotopic (exact) mass is 218 g/mol. The molecule has 16 heavy (non-hydrogen) atoms. The number of H-pyrrole nitrogens is 1. The van der Waals surface area contributed by atoms with Gasteiger partial charge in [0.05, 0.1) is 11.1 Å². The third-order valence-electron chi connectivity index (χ3n) is 2.25. The van der Waals surface area contributed by atoms with Crippen LogP contribution in [0.4, 0.5) is 5.82 Å². The minimum Gasteiger partial charge on any atom is -0.383 e. The molecule has 84 valence electrons. The van der Waals surface area contributed by atoms with Crippen molar-refractivity contribution in [2.45, 2.75) is 6.42 Å². The number of rotatable bonds is 4. The van der Waals surface area contributed by atoms with Gasteiger partial charge in [0.2, 0.25) is 0 Å². The summed E-state index contributed by atoms with van der Waals surface area (Å²) in [5, 5.41) is 10.8. The quantitative estimate of drug-likeness (QED) is 0.652. The second kappa shape index (κ2) is 4.71. The van der Waals surface area contributed by atoms with Gasteiger partial charge in [-0.2, -0.15) is 5.10 Å². The molecule has 0 aliphatic rings. The van der Waals surface area contributed by atoms with Crippen LogP contribution in [-0.4, -0.2) is 33.8 Å². The number of hydrogen-bond donors (Lipinski definition) is 3. The van der Waals surface area contributed by atoms with E-state index in [4.69, 9.17) is 5.73 Å². The zero-order valence-corrected chi connectivity index (χ0v) is 9.07. The van der Waals surface area contributed by atoms with Gasteiger partial charge in [0.25, 0.3) is 0 Å². The first-order valence-corrected chi connectivity index (χ1v) is 5.08. The van der Waals surface area contributed by atoms with E-state index in [9.17, 15) is 0 Å². The summed E-state index contributed by atoms with van der Waals surface area (Å²) < 4.78 is 0. The largest absolute Gasteiger partial charge is 0.383 e. The molecule has 0 saturated heterocycles. The van der Waals surface area contributed by atoms with Crippen LogP contribution in [0.3, 0.4) is 0 Å². The Kier molecular flexibility index (Phi) is 3.11. The van der Waals surface area contributed by atoms with Gasteiger partial charge in [-0.1, -0.05) is 6.08 Å². The topological polar surface area (TPSA) is 92.5 Å². The number of fused-ring (bicyclic) bond motifs is 1. The Morgan fingerprint density at radius 3 is 3.19 bits per heavy atom. The van der Waals surface area contributed by atoms with Crippen molar-refractivity contribution in [1.82, 2.24) is 25.5 Å². The van der Waals surface area contributed by atoms with Crippen molar-refractivity contribution in [2.75, 3.05) is 19.3 Å². The van der Waals surface area contributed by atoms with Crippen LogP contribution in [-0.2, 0) is 0 Å². The second-order valence-corrected chi connectivity index (χ2v) is 3.39. The van der Waals surface area contributed by atoms with E-state index in [2.05, 4.69) is 31.6 Å². The average Bonchev–Trinajstić information content (AvgIpc) is 2.69. The smallest absolute Gasteiger partial charge is 0.186 e. The third kappa shape index (κ3) is 2.01. The fourth-order valence-corrected chi connectivity index (χ4v) is 1.45. The molecule has 0 aliphatic carbocycles. The molecule has 0 amide bonds. The Labute approximate surface area is 93.0 Å². The minimum atomic E-state index is 0.451. The molecular weight excluding hydrogens is 204 g/mol. The normalized spacial score (nSPS) is 11.6. The van der Waals surface area contributed by atoms with Crippen LogP contribution in [0.5, 0.6) is 0 Å². The van der Waals surface area contributed by atoms with Gasteiger partial charge in [0.1, 0.15) is 12.1 Å². The summed E-state index contributed by atoms with van der Waals surface area (Å²) in [4.78, 5) is 7.97. The highest BCUT2D eigenvalue weighted by molar-refractivity contribution is 5.92. The van der Waals surface area contributed by atoms with Gasteiger partial charge < -0.3 is 11.1 Å². The van der Waals surface area contributed by atoms with Crippen molar-refractivity contribution < 1.29 is 0 Å². The number of hydrogen-bond acceptors (Lipinski definition) is 5. The Bertz CT molecular complexity index is 501. The molecule has 0 aromatic carbocycles. The van der Waals surface area contributed by atoms with Gasteiger partial charge in [-0.3, -0.25) is 5.10 Å². The molecule has 0 radical (unpaired) electrons. The molecule has 2 aromatic rings. The molecule has 4 N–H and O–H groups in total. The van der Waals surface area contributed by atoms with Gasteiger partial charge in [-0.15, -0.1) is 0 Å². The summed E-state index contributed by atoms with van der Waals surface area (Å²) in [6.07, 6.45) is 6.36. The molecule has 0 saturated carbocycles. The highest BCUT2D eigenvalue weighted by atomic mass is 15.2. The van der Waals surface area contributed by atoms with Gasteiger partial charge in [-0.25, -0.2) is 9.97 Å². The summed E-state index contributed by atoms with van der Waals surface area (Å²) >= 11 is 0. The van der Waals surface area contributed by atoms with Crippen LogP contribution in [0.15, 0.2) is 12.4 Å². The molecule has 0 spiro atoms. The Hall–Kier alpha value is -1.95. The SMILES string of the molecule is CNCCC=Cc1[nH]nc2ncnc(N)c12. The lowest BCUT2D eigenvalue weighted by atomic mass is 10.2. The summed E-state index contributed by atoms with van der Waals surface area (Å²) in [5.74, 6) is 0.451. The van der Waals surface area contributed by atoms with Gasteiger partial charge >= 0.3 is 0 Å². The lowest BCUT2D eigenvalue weighted by Crippen LogP contribution is -2.05. The molecule has 0 atom stereocenters. The molecule has 0 bridgehead atoms. The standard InChI is InChI=1S/C10H14N6/c1-12-5-3-2-4-7-8-9(11)13-6-14-10(8)16-15-7/h2,4,6,12H,3,5H2,1H3,(H3,11,13,14,15,16). The number of aromatic nitrogens is 4. The maximum atomic E-state index is 5.77. The molecule has 2 heterocycles. The predicted molar refractivity (Wildman–Crippen MR) is 63.7 cm³/mol. The predicted octanol–water partition coefficient (Wildman–Crippen LogP) is 0.558. The van der Waals surface area contributed by atoms with Gasteiger partial charge in [0.15, 0.2) is 5.65 Å². The number of nitrogens with two attached hydrogens (primary N) is 1. The fourth-order valence-electron chi connectivity index (χ4n) is 1.45. The lowest BCUT2D eigenvalue weighted by Gasteiger charge is -1.94. The maximum absolute atomic E-state index is 5.77. The molecule has 2 aromatic heterocycles. The van der Waals surface area contributed by atoms with E-state index < -0.39 is 0 Å². The van der Waals surface area contributed by atoms with Crippen LogP contribution in [0.1, 0.15) is 12.1 Å². The molecule has 6 heteroatoms. The van der Waals surface area contributed by atoms with Crippen LogP contribution < -0.4 is 11.1 Å². The van der Waals surface area contributed by atoms with Crippen LogP contribution in [0.25, 0.3) is 17.1 Å². The van der Waals surface area contributed by atoms with E-state index in [0.717, 1.165) is 24.0 Å². The Balaban J connectivity index is 2.28. The minimum absolute atomic E-state index is 0.451. The molecular formula is C10H14N6. The van der Waals surface area contributed by atoms with Crippen molar-refractivity contribution in [3.63, 3.8) is 0 Å². The summed E-state index contributed by atoms with van der Waals surface area (Å²) in [7, 11) is 1.92. The fraction of sp³-hybridized carbons (Fsp3) is 0.300. The van der Waals surface area contributed by atoms with E-state index >= 15 is 0 Å². The molecule has 2 rings (SSSR count). The van der Waals surface area contributed by atoms with Crippen LogP contribution in [0, 0.1) is 0 Å². The Morgan fingerprint density at radius 1 is 1.50 bits per heavy atom. The molecule has 6 nitrogen and oxygen atoms in total. The summed E-state index contributed by atoms with van der Waals surface area (Å²) in [6.45, 7) is 0.939. The lowest BCUT2D eigenvalue weighted by molar-refractivity contribution is 0.809. The zero-order valence-electron chi connectivity index (χ0n) is 9.07. The number of nitrogens with zero attached hydrogens (tertiary/aromatic N) is 3. The number of anilines is 1. The average molecular weight is 218 g/mol. The first-order valence-electron chi connectivity index (χ1n) is 5.08.